The van der Waals surface area contributed by atoms with Crippen molar-refractivity contribution in [1.29, 1.82) is 0 Å². The summed E-state index contributed by atoms with van der Waals surface area (Å²) in [6.45, 7) is 2.64. The second-order valence-corrected chi connectivity index (χ2v) is 7.73. The Hall–Kier alpha value is -1.87. The van der Waals surface area contributed by atoms with Gasteiger partial charge in [-0.25, -0.2) is 9.18 Å². The summed E-state index contributed by atoms with van der Waals surface area (Å²) in [6, 6.07) is 4.30. The number of alkyl halides is 3. The zero-order valence-electron chi connectivity index (χ0n) is 15.9. The number of benzene rings is 1. The van der Waals surface area contributed by atoms with Gasteiger partial charge in [0.25, 0.3) is 5.91 Å². The molecule has 0 aliphatic carbocycles. The lowest BCUT2D eigenvalue weighted by atomic mass is 9.88. The lowest BCUT2D eigenvalue weighted by Crippen LogP contribution is -2.42. The molecule has 2 aliphatic rings. The number of likely N-dealkylation sites (tertiary alicyclic amines) is 2. The van der Waals surface area contributed by atoms with Crippen LogP contribution in [-0.4, -0.2) is 65.2 Å². The van der Waals surface area contributed by atoms with Gasteiger partial charge in [-0.1, -0.05) is 11.6 Å². The lowest BCUT2D eigenvalue weighted by molar-refractivity contribution is -0.192. The maximum absolute atomic E-state index is 13.6. The Morgan fingerprint density at radius 2 is 1.69 bits per heavy atom. The minimum Gasteiger partial charge on any atom is -0.475 e. The zero-order chi connectivity index (χ0) is 21.8. The fourth-order valence-corrected chi connectivity index (χ4v) is 4.02. The topological polar surface area (TPSA) is 60.9 Å². The Kier molecular flexibility index (Phi) is 7.50. The molecule has 1 atom stereocenters. The van der Waals surface area contributed by atoms with E-state index in [-0.39, 0.29) is 16.5 Å². The second-order valence-electron chi connectivity index (χ2n) is 7.33. The van der Waals surface area contributed by atoms with Gasteiger partial charge in [0.15, 0.2) is 0 Å². The molecular formula is C19H23ClF4N2O3. The number of carbonyl (C=O) groups excluding carboxylic acids is 1. The summed E-state index contributed by atoms with van der Waals surface area (Å²) in [7, 11) is 2.19. The van der Waals surface area contributed by atoms with E-state index in [0.29, 0.717) is 5.56 Å². The monoisotopic (exact) mass is 438 g/mol. The van der Waals surface area contributed by atoms with Crippen LogP contribution < -0.4 is 0 Å². The van der Waals surface area contributed by atoms with Crippen molar-refractivity contribution in [2.45, 2.75) is 43.8 Å². The first-order valence-electron chi connectivity index (χ1n) is 9.22. The van der Waals surface area contributed by atoms with Crippen LogP contribution in [0.15, 0.2) is 18.2 Å². The normalized spacial score (nSPS) is 22.8. The molecule has 0 bridgehead atoms. The first-order valence-corrected chi connectivity index (χ1v) is 9.60. The molecule has 1 N–H and O–H groups in total. The van der Waals surface area contributed by atoms with Gasteiger partial charge in [0.05, 0.1) is 5.02 Å². The van der Waals surface area contributed by atoms with Crippen molar-refractivity contribution in [3.8, 4) is 0 Å². The van der Waals surface area contributed by atoms with E-state index in [1.54, 1.807) is 6.07 Å². The van der Waals surface area contributed by atoms with Crippen LogP contribution in [0.2, 0.25) is 5.02 Å². The summed E-state index contributed by atoms with van der Waals surface area (Å²) in [4.78, 5) is 25.8. The average molecular weight is 439 g/mol. The molecule has 5 nitrogen and oxygen atoms in total. The highest BCUT2D eigenvalue weighted by molar-refractivity contribution is 6.30. The molecular weight excluding hydrogens is 416 g/mol. The van der Waals surface area contributed by atoms with E-state index in [0.717, 1.165) is 38.9 Å². The molecule has 0 radical (unpaired) electrons. The summed E-state index contributed by atoms with van der Waals surface area (Å²) in [5.41, 5.74) is 0.651. The number of carbonyl (C=O) groups is 2. The number of hydrogen-bond donors (Lipinski definition) is 1. The van der Waals surface area contributed by atoms with E-state index in [4.69, 9.17) is 21.5 Å². The lowest BCUT2D eigenvalue weighted by Gasteiger charge is -2.35. The second kappa shape index (κ2) is 9.30. The fraction of sp³-hybridized carbons (Fsp3) is 0.579. The van der Waals surface area contributed by atoms with Gasteiger partial charge in [-0.15, -0.1) is 0 Å². The largest absolute Gasteiger partial charge is 0.490 e. The molecule has 1 aromatic rings. The number of carboxylic acid groups (broad SMARTS) is 1. The molecule has 2 heterocycles. The first-order chi connectivity index (χ1) is 13.5. The minimum atomic E-state index is -5.08. The van der Waals surface area contributed by atoms with Crippen LogP contribution in [0.4, 0.5) is 17.6 Å². The molecule has 1 spiro atoms. The molecule has 1 unspecified atom stereocenters. The van der Waals surface area contributed by atoms with Crippen LogP contribution in [0.1, 0.15) is 42.5 Å². The molecule has 3 rings (SSSR count). The minimum absolute atomic E-state index is 0.0546. The molecule has 10 heteroatoms. The smallest absolute Gasteiger partial charge is 0.475 e. The van der Waals surface area contributed by atoms with Crippen molar-refractivity contribution in [2.75, 3.05) is 26.7 Å². The van der Waals surface area contributed by atoms with Gasteiger partial charge < -0.3 is 14.9 Å². The van der Waals surface area contributed by atoms with Crippen LogP contribution in [0, 0.1) is 5.82 Å². The molecule has 2 fully saturated rings. The molecule has 0 saturated carbocycles. The summed E-state index contributed by atoms with van der Waals surface area (Å²) < 4.78 is 45.3. The van der Waals surface area contributed by atoms with Crippen molar-refractivity contribution in [2.24, 2.45) is 0 Å². The highest BCUT2D eigenvalue weighted by atomic mass is 35.5. The van der Waals surface area contributed by atoms with Crippen molar-refractivity contribution in [1.82, 2.24) is 9.80 Å². The number of halogens is 5. The van der Waals surface area contributed by atoms with Gasteiger partial charge in [0.1, 0.15) is 5.82 Å². The number of aliphatic carboxylic acids is 1. The van der Waals surface area contributed by atoms with Crippen molar-refractivity contribution in [3.05, 3.63) is 34.6 Å². The fourth-order valence-electron chi connectivity index (χ4n) is 3.90. The van der Waals surface area contributed by atoms with E-state index in [2.05, 4.69) is 11.9 Å². The van der Waals surface area contributed by atoms with E-state index >= 15 is 0 Å². The van der Waals surface area contributed by atoms with E-state index in [1.165, 1.54) is 25.0 Å². The van der Waals surface area contributed by atoms with Gasteiger partial charge in [0.2, 0.25) is 0 Å². The van der Waals surface area contributed by atoms with Crippen molar-refractivity contribution in [3.63, 3.8) is 0 Å². The van der Waals surface area contributed by atoms with E-state index in [1.807, 2.05) is 4.90 Å². The molecule has 162 valence electrons. The van der Waals surface area contributed by atoms with E-state index in [9.17, 15) is 22.4 Å². The Labute approximate surface area is 171 Å². The van der Waals surface area contributed by atoms with Crippen LogP contribution in [0.5, 0.6) is 0 Å². The summed E-state index contributed by atoms with van der Waals surface area (Å²) in [5, 5.41) is 7.18. The highest BCUT2D eigenvalue weighted by Gasteiger charge is 2.40. The van der Waals surface area contributed by atoms with Gasteiger partial charge in [-0.3, -0.25) is 4.79 Å². The number of nitrogens with zero attached hydrogens (tertiary/aromatic N) is 2. The molecule has 1 amide bonds. The van der Waals surface area contributed by atoms with Gasteiger partial charge in [0, 0.05) is 24.2 Å². The number of amides is 1. The van der Waals surface area contributed by atoms with Crippen LogP contribution in [0.3, 0.4) is 0 Å². The van der Waals surface area contributed by atoms with Crippen LogP contribution in [-0.2, 0) is 4.79 Å². The zero-order valence-corrected chi connectivity index (χ0v) is 16.7. The third kappa shape index (κ3) is 5.82. The number of carboxylic acids is 1. The van der Waals surface area contributed by atoms with Crippen molar-refractivity contribution < 1.29 is 32.3 Å². The maximum Gasteiger partial charge on any atom is 0.490 e. The molecule has 0 aromatic heterocycles. The molecule has 1 aromatic carbocycles. The predicted octanol–water partition coefficient (Wildman–Crippen LogP) is 4.20. The third-order valence-electron chi connectivity index (χ3n) is 5.56. The number of hydrogen-bond acceptors (Lipinski definition) is 3. The first kappa shape index (κ1) is 23.4. The van der Waals surface area contributed by atoms with Gasteiger partial charge in [-0.2, -0.15) is 13.2 Å². The summed E-state index contributed by atoms with van der Waals surface area (Å²) in [6.07, 6.45) is 0.535. The van der Waals surface area contributed by atoms with Crippen LogP contribution in [0.25, 0.3) is 0 Å². The Bertz CT molecular complexity index is 759. The third-order valence-corrected chi connectivity index (χ3v) is 5.87. The van der Waals surface area contributed by atoms with Crippen LogP contribution >= 0.6 is 11.6 Å². The number of rotatable bonds is 1. The SMILES string of the molecule is CN1CCCC12CCCN(C(=O)c1ccc(Cl)c(F)c1)CC2.O=C(O)C(F)(F)F. The Morgan fingerprint density at radius 1 is 1.10 bits per heavy atom. The Morgan fingerprint density at radius 3 is 2.17 bits per heavy atom. The standard InChI is InChI=1S/C17H22ClFN2O.C2HF3O2/c1-20-9-2-6-17(20)7-3-10-21(11-8-17)16(22)13-4-5-14(18)15(19)12-13;3-2(4,5)1(6)7/h4-5,12H,2-3,6-11H2,1H3;(H,6,7). The average Bonchev–Trinajstić information content (AvgIpc) is 2.86. The molecule has 29 heavy (non-hydrogen) atoms. The van der Waals surface area contributed by atoms with E-state index < -0.39 is 18.0 Å². The summed E-state index contributed by atoms with van der Waals surface area (Å²) >= 11 is 5.69. The van der Waals surface area contributed by atoms with Gasteiger partial charge >= 0.3 is 12.1 Å². The maximum atomic E-state index is 13.6. The van der Waals surface area contributed by atoms with Crippen molar-refractivity contribution >= 4 is 23.5 Å². The molecule has 2 aliphatic heterocycles. The predicted molar refractivity (Wildman–Crippen MR) is 99.5 cm³/mol. The summed E-state index contributed by atoms with van der Waals surface area (Å²) in [5.74, 6) is -3.38. The van der Waals surface area contributed by atoms with Gasteiger partial charge in [-0.05, 0) is 63.9 Å². The molecule has 2 saturated heterocycles. The quantitative estimate of drug-likeness (QED) is 0.667. The Balaban J connectivity index is 0.000000370. The highest BCUT2D eigenvalue weighted by Crippen LogP contribution is 2.37.